The third-order valence-corrected chi connectivity index (χ3v) is 5.78. The highest BCUT2D eigenvalue weighted by Crippen LogP contribution is 2.26. The standard InChI is InChI=1S/C17H18N4O4S/c1-3-13-6-8-14(9-7-13)21(11-16(22)25-2)26(23,24)15-5-4-10-20-12-18-19-17(15)20/h4-10,12H,3,11H2,1-2H3. The molecule has 0 saturated heterocycles. The molecule has 0 aliphatic rings. The zero-order chi connectivity index (χ0) is 18.7. The van der Waals surface area contributed by atoms with Crippen molar-refractivity contribution in [1.82, 2.24) is 14.6 Å². The molecule has 26 heavy (non-hydrogen) atoms. The summed E-state index contributed by atoms with van der Waals surface area (Å²) in [5, 5.41) is 7.62. The van der Waals surface area contributed by atoms with E-state index < -0.39 is 22.5 Å². The lowest BCUT2D eigenvalue weighted by Crippen LogP contribution is -2.36. The highest BCUT2D eigenvalue weighted by Gasteiger charge is 2.30. The van der Waals surface area contributed by atoms with E-state index in [1.54, 1.807) is 24.4 Å². The number of hydrogen-bond donors (Lipinski definition) is 0. The van der Waals surface area contributed by atoms with Gasteiger partial charge >= 0.3 is 5.97 Å². The van der Waals surface area contributed by atoms with Crippen molar-refractivity contribution in [2.24, 2.45) is 0 Å². The van der Waals surface area contributed by atoms with Crippen molar-refractivity contribution in [3.63, 3.8) is 0 Å². The predicted octanol–water partition coefficient (Wildman–Crippen LogP) is 1.66. The third-order valence-electron chi connectivity index (χ3n) is 3.99. The summed E-state index contributed by atoms with van der Waals surface area (Å²) in [7, 11) is -2.85. The van der Waals surface area contributed by atoms with Crippen LogP contribution in [0.1, 0.15) is 12.5 Å². The van der Waals surface area contributed by atoms with Crippen molar-refractivity contribution in [2.45, 2.75) is 18.2 Å². The molecule has 0 aliphatic carbocycles. The van der Waals surface area contributed by atoms with E-state index >= 15 is 0 Å². The molecule has 0 saturated carbocycles. The monoisotopic (exact) mass is 374 g/mol. The number of anilines is 1. The third kappa shape index (κ3) is 3.25. The van der Waals surface area contributed by atoms with Gasteiger partial charge in [-0.3, -0.25) is 13.5 Å². The van der Waals surface area contributed by atoms with Crippen LogP contribution in [0.15, 0.2) is 53.8 Å². The number of aromatic nitrogens is 3. The molecule has 3 rings (SSSR count). The number of ether oxygens (including phenoxy) is 1. The summed E-state index contributed by atoms with van der Waals surface area (Å²) in [5.41, 5.74) is 1.62. The van der Waals surface area contributed by atoms with Crippen molar-refractivity contribution in [3.05, 3.63) is 54.5 Å². The number of pyridine rings is 1. The summed E-state index contributed by atoms with van der Waals surface area (Å²) in [4.78, 5) is 11.8. The Bertz CT molecular complexity index is 1030. The Morgan fingerprint density at radius 1 is 1.23 bits per heavy atom. The quantitative estimate of drug-likeness (QED) is 0.609. The Hall–Kier alpha value is -2.94. The number of benzene rings is 1. The van der Waals surface area contributed by atoms with Crippen LogP contribution in [-0.2, 0) is 26.0 Å². The lowest BCUT2D eigenvalue weighted by atomic mass is 10.1. The fourth-order valence-electron chi connectivity index (χ4n) is 2.54. The number of sulfonamides is 1. The molecule has 2 heterocycles. The van der Waals surface area contributed by atoms with Gasteiger partial charge in [-0.2, -0.15) is 0 Å². The highest BCUT2D eigenvalue weighted by atomic mass is 32.2. The molecule has 0 spiro atoms. The van der Waals surface area contributed by atoms with E-state index in [-0.39, 0.29) is 10.5 Å². The summed E-state index contributed by atoms with van der Waals surface area (Å²) >= 11 is 0. The van der Waals surface area contributed by atoms with E-state index in [2.05, 4.69) is 14.9 Å². The van der Waals surface area contributed by atoms with E-state index in [0.717, 1.165) is 16.3 Å². The molecule has 0 atom stereocenters. The van der Waals surface area contributed by atoms with Gasteiger partial charge in [-0.05, 0) is 36.2 Å². The first kappa shape index (κ1) is 17.9. The van der Waals surface area contributed by atoms with Gasteiger partial charge in [0.2, 0.25) is 0 Å². The maximum Gasteiger partial charge on any atom is 0.326 e. The number of nitrogens with zero attached hydrogens (tertiary/aromatic N) is 4. The molecule has 0 fully saturated rings. The molecule has 9 heteroatoms. The Morgan fingerprint density at radius 3 is 2.62 bits per heavy atom. The molecular weight excluding hydrogens is 356 g/mol. The van der Waals surface area contributed by atoms with Crippen molar-refractivity contribution >= 4 is 27.3 Å². The second-order valence-corrected chi connectivity index (χ2v) is 7.37. The molecule has 0 unspecified atom stereocenters. The molecule has 2 aromatic heterocycles. The molecule has 0 amide bonds. The van der Waals surface area contributed by atoms with Gasteiger partial charge in [0, 0.05) is 6.20 Å². The normalized spacial score (nSPS) is 11.5. The second kappa shape index (κ2) is 7.12. The van der Waals surface area contributed by atoms with Crippen LogP contribution >= 0.6 is 0 Å². The van der Waals surface area contributed by atoms with E-state index in [1.165, 1.54) is 23.9 Å². The Labute approximate surface area is 151 Å². The summed E-state index contributed by atoms with van der Waals surface area (Å²) in [5.74, 6) is -0.665. The summed E-state index contributed by atoms with van der Waals surface area (Å²) in [6.07, 6.45) is 3.88. The van der Waals surface area contributed by atoms with E-state index in [4.69, 9.17) is 0 Å². The number of aryl methyl sites for hydroxylation is 1. The Kier molecular flexibility index (Phi) is 4.90. The zero-order valence-electron chi connectivity index (χ0n) is 14.4. The minimum absolute atomic E-state index is 0.0408. The molecule has 8 nitrogen and oxygen atoms in total. The molecule has 136 valence electrons. The maximum atomic E-state index is 13.3. The highest BCUT2D eigenvalue weighted by molar-refractivity contribution is 7.93. The van der Waals surface area contributed by atoms with E-state index in [9.17, 15) is 13.2 Å². The molecule has 0 aliphatic heterocycles. The van der Waals surface area contributed by atoms with Gasteiger partial charge in [-0.1, -0.05) is 19.1 Å². The first-order chi connectivity index (χ1) is 12.5. The van der Waals surface area contributed by atoms with Crippen LogP contribution in [0.3, 0.4) is 0 Å². The van der Waals surface area contributed by atoms with Gasteiger partial charge in [0.05, 0.1) is 12.8 Å². The molecule has 0 radical (unpaired) electrons. The van der Waals surface area contributed by atoms with Gasteiger partial charge in [0.25, 0.3) is 10.0 Å². The summed E-state index contributed by atoms with van der Waals surface area (Å²) in [6, 6.07) is 10.0. The summed E-state index contributed by atoms with van der Waals surface area (Å²) < 4.78 is 33.8. The number of methoxy groups -OCH3 is 1. The first-order valence-electron chi connectivity index (χ1n) is 7.94. The molecule has 3 aromatic rings. The number of hydrogen-bond acceptors (Lipinski definition) is 6. The van der Waals surface area contributed by atoms with Crippen molar-refractivity contribution in [2.75, 3.05) is 18.0 Å². The fourth-order valence-corrected chi connectivity index (χ4v) is 4.08. The Morgan fingerprint density at radius 2 is 1.96 bits per heavy atom. The largest absolute Gasteiger partial charge is 0.468 e. The van der Waals surface area contributed by atoms with Crippen LogP contribution < -0.4 is 4.31 Å². The number of carbonyl (C=O) groups is 1. The van der Waals surface area contributed by atoms with Crippen LogP contribution in [0.2, 0.25) is 0 Å². The van der Waals surface area contributed by atoms with Crippen LogP contribution in [0.4, 0.5) is 5.69 Å². The zero-order valence-corrected chi connectivity index (χ0v) is 15.2. The average molecular weight is 374 g/mol. The topological polar surface area (TPSA) is 93.9 Å². The van der Waals surface area contributed by atoms with Crippen LogP contribution in [-0.4, -0.2) is 42.6 Å². The minimum Gasteiger partial charge on any atom is -0.468 e. The molecular formula is C17H18N4O4S. The van der Waals surface area contributed by atoms with Gasteiger partial charge in [0.1, 0.15) is 17.8 Å². The number of esters is 1. The average Bonchev–Trinajstić information content (AvgIpc) is 3.14. The van der Waals surface area contributed by atoms with Gasteiger partial charge in [0.15, 0.2) is 5.65 Å². The Balaban J connectivity index is 2.12. The van der Waals surface area contributed by atoms with E-state index in [1.807, 2.05) is 19.1 Å². The van der Waals surface area contributed by atoms with Crippen LogP contribution in [0.25, 0.3) is 5.65 Å². The second-order valence-electron chi connectivity index (χ2n) is 5.54. The maximum absolute atomic E-state index is 13.3. The smallest absolute Gasteiger partial charge is 0.326 e. The van der Waals surface area contributed by atoms with Gasteiger partial charge in [-0.25, -0.2) is 8.42 Å². The predicted molar refractivity (Wildman–Crippen MR) is 95.4 cm³/mol. The molecule has 0 bridgehead atoms. The molecule has 1 aromatic carbocycles. The first-order valence-corrected chi connectivity index (χ1v) is 9.38. The van der Waals surface area contributed by atoms with Crippen molar-refractivity contribution in [1.29, 1.82) is 0 Å². The summed E-state index contributed by atoms with van der Waals surface area (Å²) in [6.45, 7) is 1.56. The number of fused-ring (bicyclic) bond motifs is 1. The SMILES string of the molecule is CCc1ccc(N(CC(=O)OC)S(=O)(=O)c2cccn3cnnc23)cc1. The van der Waals surface area contributed by atoms with Crippen LogP contribution in [0.5, 0.6) is 0 Å². The van der Waals surface area contributed by atoms with Crippen molar-refractivity contribution in [3.8, 4) is 0 Å². The lowest BCUT2D eigenvalue weighted by molar-refractivity contribution is -0.138. The lowest BCUT2D eigenvalue weighted by Gasteiger charge is -2.23. The molecule has 0 N–H and O–H groups in total. The van der Waals surface area contributed by atoms with Gasteiger partial charge < -0.3 is 4.74 Å². The minimum atomic E-state index is -4.07. The van der Waals surface area contributed by atoms with E-state index in [0.29, 0.717) is 5.69 Å². The van der Waals surface area contributed by atoms with Crippen molar-refractivity contribution < 1.29 is 17.9 Å². The number of rotatable bonds is 6. The van der Waals surface area contributed by atoms with Gasteiger partial charge in [-0.15, -0.1) is 10.2 Å². The fraction of sp³-hybridized carbons (Fsp3) is 0.235. The number of carbonyl (C=O) groups excluding carboxylic acids is 1. The van der Waals surface area contributed by atoms with Crippen LogP contribution in [0, 0.1) is 0 Å².